The second-order valence-electron chi connectivity index (χ2n) is 6.62. The Hall–Kier alpha value is -4.08. The van der Waals surface area contributed by atoms with Crippen molar-refractivity contribution < 1.29 is 22.4 Å². The van der Waals surface area contributed by atoms with Gasteiger partial charge in [0.05, 0.1) is 12.1 Å². The number of halogens is 3. The van der Waals surface area contributed by atoms with Crippen molar-refractivity contribution in [1.29, 1.82) is 0 Å². The van der Waals surface area contributed by atoms with E-state index < -0.39 is 6.36 Å². The van der Waals surface area contributed by atoms with Crippen molar-refractivity contribution in [2.45, 2.75) is 12.9 Å². The molecule has 0 amide bonds. The Morgan fingerprint density at radius 1 is 0.968 bits per heavy atom. The number of alkyl halides is 3. The van der Waals surface area contributed by atoms with Crippen LogP contribution in [0.4, 0.5) is 18.9 Å². The first-order valence-corrected chi connectivity index (χ1v) is 9.02. The molecule has 10 heteroatoms. The lowest BCUT2D eigenvalue weighted by Gasteiger charge is -2.08. The van der Waals surface area contributed by atoms with Gasteiger partial charge in [-0.15, -0.1) is 13.2 Å². The number of anilines is 1. The van der Waals surface area contributed by atoms with Crippen LogP contribution in [0.3, 0.4) is 0 Å². The average molecular weight is 428 g/mol. The normalized spacial score (nSPS) is 11.5. The van der Waals surface area contributed by atoms with Crippen molar-refractivity contribution in [1.82, 2.24) is 14.7 Å². The molecule has 2 N–H and O–H groups in total. The number of nitrogens with zero attached hydrogens (tertiary/aromatic N) is 3. The molecule has 4 rings (SSSR count). The predicted octanol–water partition coefficient (Wildman–Crippen LogP) is 4.09. The van der Waals surface area contributed by atoms with Gasteiger partial charge in [-0.2, -0.15) is 4.98 Å². The fourth-order valence-electron chi connectivity index (χ4n) is 2.86. The number of aromatic nitrogens is 3. The van der Waals surface area contributed by atoms with E-state index in [1.165, 1.54) is 22.8 Å². The van der Waals surface area contributed by atoms with Crippen molar-refractivity contribution >= 4 is 5.69 Å². The summed E-state index contributed by atoms with van der Waals surface area (Å²) in [6, 6.07) is 15.2. The fourth-order valence-corrected chi connectivity index (χ4v) is 2.86. The van der Waals surface area contributed by atoms with E-state index in [9.17, 15) is 18.0 Å². The quantitative estimate of drug-likeness (QED) is 0.481. The summed E-state index contributed by atoms with van der Waals surface area (Å²) < 4.78 is 47.5. The molecule has 0 atom stereocenters. The molecule has 0 radical (unpaired) electrons. The zero-order valence-electron chi connectivity index (χ0n) is 15.8. The molecule has 0 aliphatic carbocycles. The summed E-state index contributed by atoms with van der Waals surface area (Å²) in [7, 11) is 0. The number of nitrogen functional groups attached to an aromatic ring is 1. The minimum Gasteiger partial charge on any atom is -0.406 e. The van der Waals surface area contributed by atoms with Gasteiger partial charge >= 0.3 is 6.36 Å². The van der Waals surface area contributed by atoms with E-state index in [1.807, 2.05) is 12.1 Å². The highest BCUT2D eigenvalue weighted by Gasteiger charge is 2.31. The Balaban J connectivity index is 1.56. The molecular formula is C21H15F3N4O3. The monoisotopic (exact) mass is 428 g/mol. The maximum Gasteiger partial charge on any atom is 0.573 e. The van der Waals surface area contributed by atoms with Crippen LogP contribution >= 0.6 is 0 Å². The van der Waals surface area contributed by atoms with Crippen LogP contribution in [0.5, 0.6) is 5.75 Å². The van der Waals surface area contributed by atoms with E-state index >= 15 is 0 Å². The number of hydrogen-bond acceptors (Lipinski definition) is 6. The molecule has 0 saturated carbocycles. The summed E-state index contributed by atoms with van der Waals surface area (Å²) in [4.78, 5) is 16.5. The number of benzene rings is 2. The summed E-state index contributed by atoms with van der Waals surface area (Å²) in [6.07, 6.45) is -3.17. The van der Waals surface area contributed by atoms with Crippen LogP contribution in [0.25, 0.3) is 22.8 Å². The largest absolute Gasteiger partial charge is 0.573 e. The molecular weight excluding hydrogens is 413 g/mol. The lowest BCUT2D eigenvalue weighted by molar-refractivity contribution is -0.274. The molecule has 0 fully saturated rings. The first-order valence-electron chi connectivity index (χ1n) is 9.02. The highest BCUT2D eigenvalue weighted by molar-refractivity contribution is 5.60. The van der Waals surface area contributed by atoms with E-state index in [0.29, 0.717) is 23.4 Å². The summed E-state index contributed by atoms with van der Waals surface area (Å²) in [6.45, 7) is 0.328. The third kappa shape index (κ3) is 4.92. The summed E-state index contributed by atoms with van der Waals surface area (Å²) in [5.41, 5.74) is 7.95. The third-order valence-corrected chi connectivity index (χ3v) is 4.34. The molecule has 0 aliphatic rings. The predicted molar refractivity (Wildman–Crippen MR) is 106 cm³/mol. The zero-order valence-corrected chi connectivity index (χ0v) is 15.8. The van der Waals surface area contributed by atoms with Crippen molar-refractivity contribution in [2.24, 2.45) is 0 Å². The second-order valence-corrected chi connectivity index (χ2v) is 6.62. The van der Waals surface area contributed by atoms with Crippen LogP contribution in [0.1, 0.15) is 5.56 Å². The SMILES string of the molecule is Nc1ccc(Cn2cc(-c3nc(-c4ccc(OC(F)(F)F)cc4)no3)ccc2=O)cc1. The summed E-state index contributed by atoms with van der Waals surface area (Å²) in [5.74, 6) is -0.00349. The van der Waals surface area contributed by atoms with Crippen molar-refractivity contribution in [2.75, 3.05) is 5.73 Å². The molecule has 0 bridgehead atoms. The maximum absolute atomic E-state index is 12.3. The van der Waals surface area contributed by atoms with Crippen molar-refractivity contribution in [3.8, 4) is 28.6 Å². The Morgan fingerprint density at radius 2 is 1.65 bits per heavy atom. The molecule has 0 spiro atoms. The average Bonchev–Trinajstić information content (AvgIpc) is 3.21. The first kappa shape index (κ1) is 20.2. The zero-order chi connectivity index (χ0) is 22.0. The van der Waals surface area contributed by atoms with Crippen LogP contribution in [-0.2, 0) is 6.54 Å². The molecule has 158 valence electrons. The molecule has 0 saturated heterocycles. The molecule has 4 aromatic rings. The maximum atomic E-state index is 12.3. The molecule has 31 heavy (non-hydrogen) atoms. The lowest BCUT2D eigenvalue weighted by Crippen LogP contribution is -2.19. The topological polar surface area (TPSA) is 96.2 Å². The Morgan fingerprint density at radius 3 is 2.32 bits per heavy atom. The van der Waals surface area contributed by atoms with E-state index in [4.69, 9.17) is 10.3 Å². The van der Waals surface area contributed by atoms with Crippen molar-refractivity contribution in [3.05, 3.63) is 82.8 Å². The van der Waals surface area contributed by atoms with E-state index in [2.05, 4.69) is 14.9 Å². The van der Waals surface area contributed by atoms with Gasteiger partial charge in [-0.3, -0.25) is 4.79 Å². The van der Waals surface area contributed by atoms with Gasteiger partial charge < -0.3 is 19.6 Å². The third-order valence-electron chi connectivity index (χ3n) is 4.34. The van der Waals surface area contributed by atoms with E-state index in [-0.39, 0.29) is 23.0 Å². The Labute approximate surface area is 173 Å². The van der Waals surface area contributed by atoms with Gasteiger partial charge in [0.15, 0.2) is 0 Å². The molecule has 2 heterocycles. The smallest absolute Gasteiger partial charge is 0.406 e. The molecule has 7 nitrogen and oxygen atoms in total. The number of hydrogen-bond donors (Lipinski definition) is 1. The van der Waals surface area contributed by atoms with Crippen LogP contribution in [0.2, 0.25) is 0 Å². The molecule has 0 unspecified atom stereocenters. The van der Waals surface area contributed by atoms with Gasteiger partial charge in [-0.1, -0.05) is 17.3 Å². The number of ether oxygens (including phenoxy) is 1. The number of pyridine rings is 1. The summed E-state index contributed by atoms with van der Waals surface area (Å²) in [5, 5.41) is 3.86. The second kappa shape index (κ2) is 7.98. The lowest BCUT2D eigenvalue weighted by atomic mass is 10.2. The first-order chi connectivity index (χ1) is 14.8. The minimum absolute atomic E-state index is 0.164. The van der Waals surface area contributed by atoms with Crippen molar-refractivity contribution in [3.63, 3.8) is 0 Å². The summed E-state index contributed by atoms with van der Waals surface area (Å²) >= 11 is 0. The van der Waals surface area contributed by atoms with Gasteiger partial charge in [0.1, 0.15) is 5.75 Å². The van der Waals surface area contributed by atoms with Gasteiger partial charge in [0.2, 0.25) is 5.82 Å². The number of rotatable bonds is 5. The van der Waals surface area contributed by atoms with Gasteiger partial charge in [-0.25, -0.2) is 0 Å². The van der Waals surface area contributed by atoms with Crippen LogP contribution in [-0.4, -0.2) is 21.1 Å². The van der Waals surface area contributed by atoms with Gasteiger partial charge in [0, 0.05) is 23.5 Å². The highest BCUT2D eigenvalue weighted by atomic mass is 19.4. The van der Waals surface area contributed by atoms with Crippen LogP contribution < -0.4 is 16.0 Å². The highest BCUT2D eigenvalue weighted by Crippen LogP contribution is 2.26. The van der Waals surface area contributed by atoms with E-state index in [1.54, 1.807) is 24.4 Å². The standard InChI is InChI=1S/C21H15F3N4O3/c22-21(23,24)30-17-8-3-14(4-9-17)19-26-20(31-27-19)15-5-10-18(29)28(12-15)11-13-1-6-16(25)7-2-13/h1-10,12H,11,25H2. The molecule has 2 aromatic heterocycles. The Bertz CT molecular complexity index is 1250. The minimum atomic E-state index is -4.77. The van der Waals surface area contributed by atoms with Crippen LogP contribution in [0.15, 0.2) is 76.2 Å². The molecule has 0 aliphatic heterocycles. The number of nitrogens with two attached hydrogens (primary N) is 1. The van der Waals surface area contributed by atoms with Gasteiger partial charge in [0.25, 0.3) is 11.4 Å². The van der Waals surface area contributed by atoms with E-state index in [0.717, 1.165) is 17.7 Å². The fraction of sp³-hybridized carbons (Fsp3) is 0.0952. The molecule has 2 aromatic carbocycles. The van der Waals surface area contributed by atoms with Crippen LogP contribution in [0, 0.1) is 0 Å². The Kier molecular flexibility index (Phi) is 5.20. The van der Waals surface area contributed by atoms with Gasteiger partial charge in [-0.05, 0) is 48.0 Å².